The number of thioether (sulfide) groups is 1. The molecule has 1 N–H and O–H groups in total. The van der Waals surface area contributed by atoms with Gasteiger partial charge in [0.05, 0.1) is 29.8 Å². The minimum atomic E-state index is -0.541. The van der Waals surface area contributed by atoms with Gasteiger partial charge in [0.2, 0.25) is 11.8 Å². The fourth-order valence-corrected chi connectivity index (χ4v) is 3.49. The van der Waals surface area contributed by atoms with Gasteiger partial charge in [-0.2, -0.15) is 0 Å². The zero-order valence-electron chi connectivity index (χ0n) is 14.7. The Balaban J connectivity index is 1.79. The van der Waals surface area contributed by atoms with E-state index in [1.807, 2.05) is 35.7 Å². The molecule has 0 bridgehead atoms. The van der Waals surface area contributed by atoms with Gasteiger partial charge in [-0.25, -0.2) is 4.79 Å². The summed E-state index contributed by atoms with van der Waals surface area (Å²) in [5.41, 5.74) is 2.15. The standard InChI is InChI=1S/C20H18N2O4S/c1-26-20(25)15-9-5-6-10-16(15)21-18(23)11-22-17(12-27-13-19(22)24)14-7-3-2-4-8-14/h2-10,12H,11,13H2,1H3,(H,21,23). The predicted octanol–water partition coefficient (Wildman–Crippen LogP) is 2.99. The topological polar surface area (TPSA) is 75.7 Å². The summed E-state index contributed by atoms with van der Waals surface area (Å²) in [4.78, 5) is 38.3. The number of esters is 1. The van der Waals surface area contributed by atoms with Gasteiger partial charge in [0.25, 0.3) is 0 Å². The molecule has 2 aromatic rings. The molecule has 2 aromatic carbocycles. The molecule has 1 heterocycles. The summed E-state index contributed by atoms with van der Waals surface area (Å²) in [6.45, 7) is -0.143. The van der Waals surface area contributed by atoms with Crippen LogP contribution in [0.5, 0.6) is 0 Å². The first-order chi connectivity index (χ1) is 13.1. The first-order valence-corrected chi connectivity index (χ1v) is 9.30. The van der Waals surface area contributed by atoms with E-state index in [0.717, 1.165) is 5.56 Å². The number of carbonyl (C=O) groups is 3. The molecule has 0 unspecified atom stereocenters. The Hall–Kier alpha value is -3.06. The number of nitrogens with one attached hydrogen (secondary N) is 1. The maximum Gasteiger partial charge on any atom is 0.339 e. The molecule has 1 aliphatic heterocycles. The number of rotatable bonds is 5. The van der Waals surface area contributed by atoms with E-state index in [4.69, 9.17) is 4.74 Å². The fraction of sp³-hybridized carbons (Fsp3) is 0.150. The highest BCUT2D eigenvalue weighted by molar-refractivity contribution is 8.03. The van der Waals surface area contributed by atoms with Gasteiger partial charge >= 0.3 is 5.97 Å². The highest BCUT2D eigenvalue weighted by atomic mass is 32.2. The van der Waals surface area contributed by atoms with Crippen LogP contribution in [-0.4, -0.2) is 42.1 Å². The molecule has 0 spiro atoms. The average Bonchev–Trinajstić information content (AvgIpc) is 2.70. The lowest BCUT2D eigenvalue weighted by Gasteiger charge is -2.28. The number of ether oxygens (including phenoxy) is 1. The molecule has 6 nitrogen and oxygen atoms in total. The van der Waals surface area contributed by atoms with Gasteiger partial charge in [-0.1, -0.05) is 42.5 Å². The van der Waals surface area contributed by atoms with Crippen molar-refractivity contribution in [1.29, 1.82) is 0 Å². The number of anilines is 1. The van der Waals surface area contributed by atoms with E-state index >= 15 is 0 Å². The maximum atomic E-state index is 12.6. The Bertz CT molecular complexity index is 896. The number of amides is 2. The molecule has 138 valence electrons. The number of carbonyl (C=O) groups excluding carboxylic acids is 3. The van der Waals surface area contributed by atoms with Crippen molar-refractivity contribution in [3.8, 4) is 0 Å². The molecule has 0 fully saturated rings. The van der Waals surface area contributed by atoms with Crippen LogP contribution in [0, 0.1) is 0 Å². The summed E-state index contributed by atoms with van der Waals surface area (Å²) in [6.07, 6.45) is 0. The normalized spacial score (nSPS) is 13.7. The largest absolute Gasteiger partial charge is 0.465 e. The summed E-state index contributed by atoms with van der Waals surface area (Å²) in [6, 6.07) is 16.0. The van der Waals surface area contributed by atoms with E-state index < -0.39 is 11.9 Å². The number of hydrogen-bond donors (Lipinski definition) is 1. The number of benzene rings is 2. The molecule has 0 aromatic heterocycles. The van der Waals surface area contributed by atoms with Crippen LogP contribution in [0.1, 0.15) is 15.9 Å². The zero-order valence-corrected chi connectivity index (χ0v) is 15.5. The van der Waals surface area contributed by atoms with Gasteiger partial charge in [-0.15, -0.1) is 11.8 Å². The minimum absolute atomic E-state index is 0.141. The average molecular weight is 382 g/mol. The van der Waals surface area contributed by atoms with Gasteiger partial charge in [-0.3, -0.25) is 9.59 Å². The second-order valence-electron chi connectivity index (χ2n) is 5.75. The van der Waals surface area contributed by atoms with Gasteiger partial charge in [0.15, 0.2) is 0 Å². The Morgan fingerprint density at radius 1 is 1.11 bits per heavy atom. The maximum absolute atomic E-state index is 12.6. The van der Waals surface area contributed by atoms with Crippen molar-refractivity contribution in [3.05, 3.63) is 71.1 Å². The first-order valence-electron chi connectivity index (χ1n) is 8.25. The van der Waals surface area contributed by atoms with Crippen molar-refractivity contribution in [1.82, 2.24) is 4.90 Å². The Morgan fingerprint density at radius 3 is 2.56 bits per heavy atom. The third kappa shape index (κ3) is 4.38. The van der Waals surface area contributed by atoms with Gasteiger partial charge in [0.1, 0.15) is 6.54 Å². The van der Waals surface area contributed by atoms with Crippen molar-refractivity contribution in [3.63, 3.8) is 0 Å². The van der Waals surface area contributed by atoms with Crippen molar-refractivity contribution in [2.24, 2.45) is 0 Å². The summed E-state index contributed by atoms with van der Waals surface area (Å²) in [7, 11) is 1.28. The number of nitrogens with zero attached hydrogens (tertiary/aromatic N) is 1. The molecule has 0 saturated heterocycles. The van der Waals surface area contributed by atoms with Crippen LogP contribution in [0.15, 0.2) is 60.0 Å². The van der Waals surface area contributed by atoms with Gasteiger partial charge in [0, 0.05) is 0 Å². The van der Waals surface area contributed by atoms with Crippen LogP contribution in [0.25, 0.3) is 5.70 Å². The molecular weight excluding hydrogens is 364 g/mol. The second kappa shape index (κ2) is 8.55. The quantitative estimate of drug-likeness (QED) is 0.805. The third-order valence-electron chi connectivity index (χ3n) is 3.97. The Kier molecular flexibility index (Phi) is 5.93. The van der Waals surface area contributed by atoms with Crippen molar-refractivity contribution >= 4 is 40.9 Å². The van der Waals surface area contributed by atoms with E-state index in [0.29, 0.717) is 11.4 Å². The molecule has 0 aliphatic carbocycles. The number of methoxy groups -OCH3 is 1. The molecule has 0 saturated carbocycles. The molecule has 0 atom stereocenters. The second-order valence-corrected chi connectivity index (χ2v) is 6.60. The highest BCUT2D eigenvalue weighted by Gasteiger charge is 2.26. The Morgan fingerprint density at radius 2 is 1.81 bits per heavy atom. The van der Waals surface area contributed by atoms with E-state index in [-0.39, 0.29) is 23.8 Å². The van der Waals surface area contributed by atoms with E-state index in [2.05, 4.69) is 5.32 Å². The molecule has 0 radical (unpaired) electrons. The van der Waals surface area contributed by atoms with Crippen LogP contribution < -0.4 is 5.32 Å². The highest BCUT2D eigenvalue weighted by Crippen LogP contribution is 2.28. The van der Waals surface area contributed by atoms with Crippen molar-refractivity contribution in [2.75, 3.05) is 24.7 Å². The number of hydrogen-bond acceptors (Lipinski definition) is 5. The lowest BCUT2D eigenvalue weighted by Crippen LogP contribution is -2.39. The third-order valence-corrected chi connectivity index (χ3v) is 4.77. The first kappa shape index (κ1) is 18.7. The summed E-state index contributed by atoms with van der Waals surface area (Å²) in [5.74, 6) is -0.796. The summed E-state index contributed by atoms with van der Waals surface area (Å²) < 4.78 is 4.73. The van der Waals surface area contributed by atoms with Crippen LogP contribution in [0.2, 0.25) is 0 Å². The Labute approximate surface area is 161 Å². The molecule has 1 aliphatic rings. The van der Waals surface area contributed by atoms with Gasteiger partial charge in [-0.05, 0) is 23.1 Å². The van der Waals surface area contributed by atoms with Crippen molar-refractivity contribution in [2.45, 2.75) is 0 Å². The zero-order chi connectivity index (χ0) is 19.2. The van der Waals surface area contributed by atoms with Crippen LogP contribution in [0.4, 0.5) is 5.69 Å². The van der Waals surface area contributed by atoms with E-state index in [1.54, 1.807) is 24.3 Å². The molecular formula is C20H18N2O4S. The lowest BCUT2D eigenvalue weighted by molar-refractivity contribution is -0.129. The summed E-state index contributed by atoms with van der Waals surface area (Å²) >= 11 is 1.40. The fourth-order valence-electron chi connectivity index (χ4n) is 2.69. The molecule has 3 rings (SSSR count). The van der Waals surface area contributed by atoms with Crippen LogP contribution in [-0.2, 0) is 14.3 Å². The SMILES string of the molecule is COC(=O)c1ccccc1NC(=O)CN1C(=O)CSC=C1c1ccccc1. The van der Waals surface area contributed by atoms with Crippen molar-refractivity contribution < 1.29 is 19.1 Å². The molecule has 27 heavy (non-hydrogen) atoms. The monoisotopic (exact) mass is 382 g/mol. The van der Waals surface area contributed by atoms with Crippen LogP contribution in [0.3, 0.4) is 0 Å². The predicted molar refractivity (Wildman–Crippen MR) is 105 cm³/mol. The summed E-state index contributed by atoms with van der Waals surface area (Å²) in [5, 5.41) is 4.58. The number of para-hydroxylation sites is 1. The van der Waals surface area contributed by atoms with E-state index in [1.165, 1.54) is 23.8 Å². The lowest BCUT2D eigenvalue weighted by atomic mass is 10.1. The van der Waals surface area contributed by atoms with E-state index in [9.17, 15) is 14.4 Å². The van der Waals surface area contributed by atoms with Crippen LogP contribution >= 0.6 is 11.8 Å². The molecule has 7 heteroatoms. The van der Waals surface area contributed by atoms with Gasteiger partial charge < -0.3 is 15.0 Å². The minimum Gasteiger partial charge on any atom is -0.465 e. The molecule has 2 amide bonds. The smallest absolute Gasteiger partial charge is 0.339 e.